The molecule has 1 aromatic heterocycles. The molecule has 0 fully saturated rings. The van der Waals surface area contributed by atoms with Crippen LogP contribution < -0.4 is 15.2 Å². The van der Waals surface area contributed by atoms with Gasteiger partial charge in [-0.1, -0.05) is 38.5 Å². The number of nitrogens with zero attached hydrogens (tertiary/aromatic N) is 1. The Labute approximate surface area is 146 Å². The smallest absolute Gasteiger partial charge is 0.182 e. The van der Waals surface area contributed by atoms with Crippen LogP contribution in [0.4, 0.5) is 5.13 Å². The number of carbonyl (C=O) groups excluding carboxylic acids is 1. The summed E-state index contributed by atoms with van der Waals surface area (Å²) in [7, 11) is 0. The van der Waals surface area contributed by atoms with E-state index in [2.05, 4.69) is 44.1 Å². The Morgan fingerprint density at radius 1 is 1.38 bits per heavy atom. The number of carbonyl (C=O) groups is 1. The average molecular weight is 347 g/mol. The SMILES string of the molecule is Cc1ccc(OCCNc2nc(CC(=O)[O-])cs2)c(C(C)(C)C)c1. The maximum Gasteiger partial charge on any atom is 0.182 e. The highest BCUT2D eigenvalue weighted by molar-refractivity contribution is 7.13. The molecular formula is C18H23N2O3S-. The van der Waals surface area contributed by atoms with Gasteiger partial charge in [-0.15, -0.1) is 11.3 Å². The van der Waals surface area contributed by atoms with Gasteiger partial charge in [0.05, 0.1) is 12.2 Å². The summed E-state index contributed by atoms with van der Waals surface area (Å²) in [4.78, 5) is 14.7. The number of carboxylic acids is 1. The number of rotatable bonds is 7. The second-order valence-electron chi connectivity index (χ2n) is 6.72. The molecule has 0 aliphatic carbocycles. The quantitative estimate of drug-likeness (QED) is 0.779. The fraction of sp³-hybridized carbons (Fsp3) is 0.444. The number of aliphatic carboxylic acids is 1. The van der Waals surface area contributed by atoms with Crippen LogP contribution in [0.5, 0.6) is 5.75 Å². The molecule has 2 aromatic rings. The third kappa shape index (κ3) is 5.23. The number of aromatic nitrogens is 1. The summed E-state index contributed by atoms with van der Waals surface area (Å²) in [6.07, 6.45) is -0.160. The molecule has 0 bridgehead atoms. The van der Waals surface area contributed by atoms with E-state index in [1.54, 1.807) is 5.38 Å². The first-order chi connectivity index (χ1) is 11.3. The lowest BCUT2D eigenvalue weighted by Gasteiger charge is -2.23. The first-order valence-corrected chi connectivity index (χ1v) is 8.76. The molecule has 0 spiro atoms. The van der Waals surface area contributed by atoms with Crippen LogP contribution in [0.15, 0.2) is 23.6 Å². The summed E-state index contributed by atoms with van der Waals surface area (Å²) < 4.78 is 5.92. The average Bonchev–Trinajstić information content (AvgIpc) is 2.90. The summed E-state index contributed by atoms with van der Waals surface area (Å²) in [6, 6.07) is 6.22. The van der Waals surface area contributed by atoms with Gasteiger partial charge in [0, 0.05) is 17.8 Å². The van der Waals surface area contributed by atoms with Gasteiger partial charge in [0.1, 0.15) is 12.4 Å². The van der Waals surface area contributed by atoms with Gasteiger partial charge in [0.25, 0.3) is 0 Å². The van der Waals surface area contributed by atoms with Gasteiger partial charge in [-0.3, -0.25) is 0 Å². The topological polar surface area (TPSA) is 74.3 Å². The molecule has 130 valence electrons. The molecule has 0 aliphatic heterocycles. The standard InChI is InChI=1S/C18H24N2O3S/c1-12-5-6-15(14(9-12)18(2,3)4)23-8-7-19-17-20-13(11-24-17)10-16(21)22/h5-6,9,11H,7-8,10H2,1-4H3,(H,19,20)(H,21,22)/p-1. The third-order valence-corrected chi connectivity index (χ3v) is 4.30. The summed E-state index contributed by atoms with van der Waals surface area (Å²) in [5, 5.41) is 16.1. The molecule has 6 heteroatoms. The van der Waals surface area contributed by atoms with Crippen molar-refractivity contribution in [2.24, 2.45) is 0 Å². The molecule has 0 aliphatic rings. The van der Waals surface area contributed by atoms with E-state index in [9.17, 15) is 9.90 Å². The lowest BCUT2D eigenvalue weighted by atomic mass is 9.85. The van der Waals surface area contributed by atoms with Crippen molar-refractivity contribution in [3.05, 3.63) is 40.4 Å². The summed E-state index contributed by atoms with van der Waals surface area (Å²) in [5.41, 5.74) is 2.93. The Kier molecular flexibility index (Phi) is 5.83. The van der Waals surface area contributed by atoms with E-state index in [4.69, 9.17) is 4.74 Å². The van der Waals surface area contributed by atoms with Crippen LogP contribution in [0, 0.1) is 6.92 Å². The van der Waals surface area contributed by atoms with E-state index in [1.165, 1.54) is 22.5 Å². The fourth-order valence-corrected chi connectivity index (χ4v) is 3.03. The Hall–Kier alpha value is -2.08. The number of carboxylic acid groups (broad SMARTS) is 1. The van der Waals surface area contributed by atoms with Crippen LogP contribution >= 0.6 is 11.3 Å². The van der Waals surface area contributed by atoms with Crippen molar-refractivity contribution < 1.29 is 14.6 Å². The van der Waals surface area contributed by atoms with Crippen molar-refractivity contribution in [1.29, 1.82) is 0 Å². The van der Waals surface area contributed by atoms with E-state index >= 15 is 0 Å². The Morgan fingerprint density at radius 2 is 2.12 bits per heavy atom. The molecule has 0 atom stereocenters. The van der Waals surface area contributed by atoms with Crippen LogP contribution in [-0.2, 0) is 16.6 Å². The number of ether oxygens (including phenoxy) is 1. The fourth-order valence-electron chi connectivity index (χ4n) is 2.29. The van der Waals surface area contributed by atoms with E-state index < -0.39 is 5.97 Å². The van der Waals surface area contributed by atoms with Gasteiger partial charge in [0.2, 0.25) is 0 Å². The molecule has 0 unspecified atom stereocenters. The zero-order valence-electron chi connectivity index (χ0n) is 14.5. The molecule has 0 saturated heterocycles. The number of hydrogen-bond acceptors (Lipinski definition) is 6. The largest absolute Gasteiger partial charge is 0.550 e. The van der Waals surface area contributed by atoms with Gasteiger partial charge in [-0.05, 0) is 24.0 Å². The molecule has 1 heterocycles. The minimum atomic E-state index is -1.12. The zero-order valence-corrected chi connectivity index (χ0v) is 15.3. The van der Waals surface area contributed by atoms with Crippen molar-refractivity contribution in [3.8, 4) is 5.75 Å². The molecule has 0 amide bonds. The molecule has 5 nitrogen and oxygen atoms in total. The zero-order chi connectivity index (χ0) is 17.7. The van der Waals surface area contributed by atoms with Crippen LogP contribution in [0.2, 0.25) is 0 Å². The molecular weight excluding hydrogens is 324 g/mol. The lowest BCUT2D eigenvalue weighted by Crippen LogP contribution is -2.24. The highest BCUT2D eigenvalue weighted by atomic mass is 32.1. The third-order valence-electron chi connectivity index (χ3n) is 3.46. The summed E-state index contributed by atoms with van der Waals surface area (Å²) >= 11 is 1.38. The van der Waals surface area contributed by atoms with Gasteiger partial charge in [-0.2, -0.15) is 0 Å². The van der Waals surface area contributed by atoms with Crippen LogP contribution in [-0.4, -0.2) is 24.1 Å². The predicted molar refractivity (Wildman–Crippen MR) is 94.7 cm³/mol. The van der Waals surface area contributed by atoms with Gasteiger partial charge >= 0.3 is 0 Å². The van der Waals surface area contributed by atoms with E-state index in [-0.39, 0.29) is 11.8 Å². The van der Waals surface area contributed by atoms with E-state index in [0.29, 0.717) is 24.0 Å². The van der Waals surface area contributed by atoms with E-state index in [1.807, 2.05) is 12.1 Å². The van der Waals surface area contributed by atoms with E-state index in [0.717, 1.165) is 5.75 Å². The van der Waals surface area contributed by atoms with Crippen molar-refractivity contribution >= 4 is 22.4 Å². The molecule has 24 heavy (non-hydrogen) atoms. The van der Waals surface area contributed by atoms with Gasteiger partial charge < -0.3 is 20.0 Å². The molecule has 2 rings (SSSR count). The van der Waals surface area contributed by atoms with Crippen molar-refractivity contribution in [3.63, 3.8) is 0 Å². The second-order valence-corrected chi connectivity index (χ2v) is 7.58. The first kappa shape index (κ1) is 18.3. The maximum absolute atomic E-state index is 10.5. The first-order valence-electron chi connectivity index (χ1n) is 7.88. The Balaban J connectivity index is 1.89. The second kappa shape index (κ2) is 7.66. The minimum Gasteiger partial charge on any atom is -0.550 e. The highest BCUT2D eigenvalue weighted by Crippen LogP contribution is 2.32. The molecule has 0 saturated carbocycles. The predicted octanol–water partition coefficient (Wildman–Crippen LogP) is 2.53. The Morgan fingerprint density at radius 3 is 2.79 bits per heavy atom. The summed E-state index contributed by atoms with van der Waals surface area (Å²) in [5.74, 6) is -0.226. The normalized spacial score (nSPS) is 11.3. The highest BCUT2D eigenvalue weighted by Gasteiger charge is 2.19. The maximum atomic E-state index is 10.5. The Bertz CT molecular complexity index is 705. The number of hydrogen-bond donors (Lipinski definition) is 1. The lowest BCUT2D eigenvalue weighted by molar-refractivity contribution is -0.304. The minimum absolute atomic E-state index is 0.0177. The molecule has 1 N–H and O–H groups in total. The van der Waals surface area contributed by atoms with Crippen LogP contribution in [0.25, 0.3) is 0 Å². The number of anilines is 1. The van der Waals surface area contributed by atoms with Gasteiger partial charge in [0.15, 0.2) is 5.13 Å². The van der Waals surface area contributed by atoms with Crippen molar-refractivity contribution in [2.75, 3.05) is 18.5 Å². The molecule has 1 aromatic carbocycles. The van der Waals surface area contributed by atoms with Crippen molar-refractivity contribution in [1.82, 2.24) is 4.98 Å². The molecule has 0 radical (unpaired) electrons. The van der Waals surface area contributed by atoms with Crippen LogP contribution in [0.1, 0.15) is 37.6 Å². The number of nitrogens with one attached hydrogen (secondary N) is 1. The van der Waals surface area contributed by atoms with Crippen molar-refractivity contribution in [2.45, 2.75) is 39.5 Å². The van der Waals surface area contributed by atoms with Crippen LogP contribution in [0.3, 0.4) is 0 Å². The number of aryl methyl sites for hydroxylation is 1. The number of thiazole rings is 1. The monoisotopic (exact) mass is 347 g/mol. The van der Waals surface area contributed by atoms with Gasteiger partial charge in [-0.25, -0.2) is 4.98 Å². The summed E-state index contributed by atoms with van der Waals surface area (Å²) in [6.45, 7) is 9.68. The number of benzene rings is 1.